The molecule has 0 bridgehead atoms. The highest BCUT2D eigenvalue weighted by Crippen LogP contribution is 2.31. The molecule has 0 amide bonds. The van der Waals surface area contributed by atoms with Crippen molar-refractivity contribution in [3.8, 4) is 11.5 Å². The summed E-state index contributed by atoms with van der Waals surface area (Å²) in [5, 5.41) is 3.53. The van der Waals surface area contributed by atoms with Gasteiger partial charge in [-0.3, -0.25) is 0 Å². The molecule has 0 spiro atoms. The Morgan fingerprint density at radius 3 is 1.88 bits per heavy atom. The molecule has 3 nitrogen and oxygen atoms in total. The first-order valence-corrected chi connectivity index (χ1v) is 8.37. The lowest BCUT2D eigenvalue weighted by atomic mass is 9.91. The third-order valence-electron chi connectivity index (χ3n) is 4.31. The summed E-state index contributed by atoms with van der Waals surface area (Å²) in [7, 11) is 3.35. The second kappa shape index (κ2) is 8.25. The molecule has 0 unspecified atom stereocenters. The van der Waals surface area contributed by atoms with Crippen LogP contribution in [-0.4, -0.2) is 20.8 Å². The van der Waals surface area contributed by atoms with Crippen LogP contribution in [-0.2, 0) is 0 Å². The summed E-state index contributed by atoms with van der Waals surface area (Å²) >= 11 is 0. The van der Waals surface area contributed by atoms with E-state index < -0.39 is 0 Å². The van der Waals surface area contributed by atoms with Crippen LogP contribution in [0, 0.1) is 0 Å². The van der Waals surface area contributed by atoms with Gasteiger partial charge in [0, 0.05) is 18.5 Å². The van der Waals surface area contributed by atoms with Gasteiger partial charge in [-0.2, -0.15) is 0 Å². The van der Waals surface area contributed by atoms with Crippen molar-refractivity contribution in [2.75, 3.05) is 26.1 Å². The number of nitrogens with one attached hydrogen (secondary N) is 1. The highest BCUT2D eigenvalue weighted by atomic mass is 16.5. The molecule has 25 heavy (non-hydrogen) atoms. The summed E-state index contributed by atoms with van der Waals surface area (Å²) in [6.45, 7) is 0.761. The third-order valence-corrected chi connectivity index (χ3v) is 4.31. The summed E-state index contributed by atoms with van der Waals surface area (Å²) in [4.78, 5) is 0. The number of ether oxygens (including phenoxy) is 2. The Balaban J connectivity index is 1.87. The molecular formula is C22H23NO2. The van der Waals surface area contributed by atoms with Crippen molar-refractivity contribution >= 4 is 5.69 Å². The van der Waals surface area contributed by atoms with Crippen LogP contribution in [0.1, 0.15) is 17.0 Å². The van der Waals surface area contributed by atoms with Gasteiger partial charge in [0.2, 0.25) is 0 Å². The normalized spacial score (nSPS) is 10.5. The summed E-state index contributed by atoms with van der Waals surface area (Å²) in [6.07, 6.45) is 0. The quantitative estimate of drug-likeness (QED) is 0.664. The van der Waals surface area contributed by atoms with Gasteiger partial charge >= 0.3 is 0 Å². The van der Waals surface area contributed by atoms with Crippen molar-refractivity contribution in [1.82, 2.24) is 0 Å². The van der Waals surface area contributed by atoms with Crippen LogP contribution >= 0.6 is 0 Å². The Bertz CT molecular complexity index is 748. The van der Waals surface area contributed by atoms with Crippen molar-refractivity contribution in [3.63, 3.8) is 0 Å². The van der Waals surface area contributed by atoms with Crippen LogP contribution in [0.4, 0.5) is 5.69 Å². The zero-order chi connectivity index (χ0) is 17.5. The van der Waals surface area contributed by atoms with Crippen LogP contribution in [0.15, 0.2) is 78.9 Å². The van der Waals surface area contributed by atoms with E-state index in [2.05, 4.69) is 53.8 Å². The number of rotatable bonds is 7. The van der Waals surface area contributed by atoms with Crippen LogP contribution < -0.4 is 14.8 Å². The van der Waals surface area contributed by atoms with E-state index in [4.69, 9.17) is 9.47 Å². The van der Waals surface area contributed by atoms with Crippen LogP contribution in [0.2, 0.25) is 0 Å². The minimum absolute atomic E-state index is 0.248. The third kappa shape index (κ3) is 4.13. The first-order valence-electron chi connectivity index (χ1n) is 8.37. The molecule has 0 heterocycles. The molecule has 3 aromatic rings. The fourth-order valence-electron chi connectivity index (χ4n) is 2.96. The zero-order valence-electron chi connectivity index (χ0n) is 14.6. The highest BCUT2D eigenvalue weighted by Gasteiger charge is 2.15. The molecule has 3 rings (SSSR count). The lowest BCUT2D eigenvalue weighted by molar-refractivity contribution is 0.404. The number of hydrogen-bond acceptors (Lipinski definition) is 3. The van der Waals surface area contributed by atoms with E-state index >= 15 is 0 Å². The minimum Gasteiger partial charge on any atom is -0.497 e. The van der Waals surface area contributed by atoms with E-state index in [1.54, 1.807) is 14.2 Å². The molecule has 3 heteroatoms. The van der Waals surface area contributed by atoms with E-state index in [1.165, 1.54) is 11.1 Å². The monoisotopic (exact) mass is 333 g/mol. The largest absolute Gasteiger partial charge is 0.497 e. The Hall–Kier alpha value is -2.94. The van der Waals surface area contributed by atoms with Crippen molar-refractivity contribution in [2.45, 2.75) is 5.92 Å². The summed E-state index contributed by atoms with van der Waals surface area (Å²) in [5.74, 6) is 1.86. The molecule has 0 aromatic heterocycles. The van der Waals surface area contributed by atoms with Crippen molar-refractivity contribution in [2.24, 2.45) is 0 Å². The summed E-state index contributed by atoms with van der Waals surface area (Å²) < 4.78 is 10.8. The van der Waals surface area contributed by atoms with Gasteiger partial charge < -0.3 is 14.8 Å². The lowest BCUT2D eigenvalue weighted by Gasteiger charge is -2.21. The number of methoxy groups -OCH3 is 2. The second-order valence-electron chi connectivity index (χ2n) is 5.82. The predicted octanol–water partition coefficient (Wildman–Crippen LogP) is 4.95. The first kappa shape index (κ1) is 16.9. The SMILES string of the molecule is COc1ccc(OC)c(NCC(c2ccccc2)c2ccccc2)c1. The van der Waals surface area contributed by atoms with Gasteiger partial charge in [0.05, 0.1) is 19.9 Å². The highest BCUT2D eigenvalue weighted by molar-refractivity contribution is 5.60. The average molecular weight is 333 g/mol. The van der Waals surface area contributed by atoms with Gasteiger partial charge in [0.25, 0.3) is 0 Å². The molecule has 128 valence electrons. The molecule has 0 saturated carbocycles. The van der Waals surface area contributed by atoms with Crippen molar-refractivity contribution in [1.29, 1.82) is 0 Å². The Labute approximate surface area is 149 Å². The predicted molar refractivity (Wildman–Crippen MR) is 103 cm³/mol. The Kier molecular flexibility index (Phi) is 5.57. The van der Waals surface area contributed by atoms with E-state index in [-0.39, 0.29) is 5.92 Å². The van der Waals surface area contributed by atoms with Crippen LogP contribution in [0.3, 0.4) is 0 Å². The molecule has 0 atom stereocenters. The Morgan fingerprint density at radius 2 is 1.36 bits per heavy atom. The summed E-state index contributed by atoms with van der Waals surface area (Å²) in [6, 6.07) is 26.9. The summed E-state index contributed by atoms with van der Waals surface area (Å²) in [5.41, 5.74) is 3.49. The molecule has 0 radical (unpaired) electrons. The lowest BCUT2D eigenvalue weighted by Crippen LogP contribution is -2.14. The molecular weight excluding hydrogens is 310 g/mol. The minimum atomic E-state index is 0.248. The molecule has 3 aromatic carbocycles. The van der Waals surface area contributed by atoms with Gasteiger partial charge in [-0.25, -0.2) is 0 Å². The van der Waals surface area contributed by atoms with E-state index in [1.807, 2.05) is 30.3 Å². The molecule has 0 saturated heterocycles. The maximum Gasteiger partial charge on any atom is 0.142 e. The van der Waals surface area contributed by atoms with E-state index in [9.17, 15) is 0 Å². The molecule has 1 N–H and O–H groups in total. The molecule has 0 aliphatic heterocycles. The van der Waals surface area contributed by atoms with E-state index in [0.717, 1.165) is 23.7 Å². The standard InChI is InChI=1S/C22H23NO2/c1-24-19-13-14-22(25-2)21(15-19)23-16-20(17-9-5-3-6-10-17)18-11-7-4-8-12-18/h3-15,20,23H,16H2,1-2H3. The van der Waals surface area contributed by atoms with Gasteiger partial charge in [0.1, 0.15) is 11.5 Å². The van der Waals surface area contributed by atoms with Gasteiger partial charge in [-0.1, -0.05) is 60.7 Å². The maximum atomic E-state index is 5.47. The molecule has 0 fully saturated rings. The molecule has 0 aliphatic rings. The van der Waals surface area contributed by atoms with Crippen molar-refractivity contribution in [3.05, 3.63) is 90.0 Å². The van der Waals surface area contributed by atoms with Gasteiger partial charge in [0.15, 0.2) is 0 Å². The van der Waals surface area contributed by atoms with Gasteiger partial charge in [-0.15, -0.1) is 0 Å². The topological polar surface area (TPSA) is 30.5 Å². The first-order chi connectivity index (χ1) is 12.3. The molecule has 0 aliphatic carbocycles. The second-order valence-corrected chi connectivity index (χ2v) is 5.82. The van der Waals surface area contributed by atoms with Crippen LogP contribution in [0.5, 0.6) is 11.5 Å². The maximum absolute atomic E-state index is 5.47. The zero-order valence-corrected chi connectivity index (χ0v) is 14.6. The van der Waals surface area contributed by atoms with Gasteiger partial charge in [-0.05, 0) is 23.3 Å². The number of anilines is 1. The number of hydrogen-bond donors (Lipinski definition) is 1. The van der Waals surface area contributed by atoms with E-state index in [0.29, 0.717) is 0 Å². The smallest absolute Gasteiger partial charge is 0.142 e. The fraction of sp³-hybridized carbons (Fsp3) is 0.182. The fourth-order valence-corrected chi connectivity index (χ4v) is 2.96. The Morgan fingerprint density at radius 1 is 0.760 bits per heavy atom. The average Bonchev–Trinajstić information content (AvgIpc) is 2.69. The van der Waals surface area contributed by atoms with Crippen molar-refractivity contribution < 1.29 is 9.47 Å². The van der Waals surface area contributed by atoms with Crippen LogP contribution in [0.25, 0.3) is 0 Å². The number of benzene rings is 3.